The van der Waals surface area contributed by atoms with Gasteiger partial charge in [0, 0.05) is 6.04 Å². The molecule has 1 aliphatic rings. The van der Waals surface area contributed by atoms with Gasteiger partial charge in [0.05, 0.1) is 10.2 Å². The lowest BCUT2D eigenvalue weighted by Gasteiger charge is -2.22. The summed E-state index contributed by atoms with van der Waals surface area (Å²) in [6, 6.07) is 5.30. The first kappa shape index (κ1) is 12.9. The highest BCUT2D eigenvalue weighted by Crippen LogP contribution is 2.30. The van der Waals surface area contributed by atoms with Crippen molar-refractivity contribution in [3.05, 3.63) is 24.0 Å². The topological polar surface area (TPSA) is 24.9 Å². The molecule has 1 aromatic heterocycles. The van der Waals surface area contributed by atoms with Crippen molar-refractivity contribution in [1.29, 1.82) is 0 Å². The second-order valence-electron chi connectivity index (χ2n) is 5.50. The molecule has 0 radical (unpaired) electrons. The Morgan fingerprint density at radius 1 is 1.26 bits per heavy atom. The van der Waals surface area contributed by atoms with E-state index in [2.05, 4.69) is 17.2 Å². The van der Waals surface area contributed by atoms with E-state index in [0.29, 0.717) is 12.0 Å². The molecule has 3 rings (SSSR count). The molecule has 1 aliphatic carbocycles. The maximum atomic E-state index is 13.2. The van der Waals surface area contributed by atoms with Gasteiger partial charge in [0.25, 0.3) is 0 Å². The zero-order valence-corrected chi connectivity index (χ0v) is 12.0. The number of hydrogen-bond acceptors (Lipinski definition) is 3. The van der Waals surface area contributed by atoms with Crippen LogP contribution in [0, 0.1) is 11.7 Å². The number of benzene rings is 1. The van der Waals surface area contributed by atoms with E-state index in [0.717, 1.165) is 15.3 Å². The summed E-state index contributed by atoms with van der Waals surface area (Å²) in [6.07, 6.45) is 6.47. The molecule has 1 aromatic carbocycles. The molecule has 2 atom stereocenters. The van der Waals surface area contributed by atoms with E-state index in [1.807, 2.05) is 0 Å². The van der Waals surface area contributed by atoms with Gasteiger partial charge in [0.15, 0.2) is 5.13 Å². The number of nitrogens with zero attached hydrogens (tertiary/aromatic N) is 1. The van der Waals surface area contributed by atoms with Gasteiger partial charge < -0.3 is 5.32 Å². The Morgan fingerprint density at radius 2 is 2.11 bits per heavy atom. The second-order valence-corrected chi connectivity index (χ2v) is 6.53. The van der Waals surface area contributed by atoms with Crippen molar-refractivity contribution in [2.24, 2.45) is 5.92 Å². The van der Waals surface area contributed by atoms with Gasteiger partial charge in [-0.15, -0.1) is 0 Å². The molecule has 0 aliphatic heterocycles. The van der Waals surface area contributed by atoms with Crippen LogP contribution in [0.3, 0.4) is 0 Å². The first-order valence-corrected chi connectivity index (χ1v) is 7.86. The van der Waals surface area contributed by atoms with Gasteiger partial charge in [0.2, 0.25) is 0 Å². The molecule has 102 valence electrons. The van der Waals surface area contributed by atoms with Crippen molar-refractivity contribution in [3.8, 4) is 0 Å². The monoisotopic (exact) mass is 278 g/mol. The molecule has 0 bridgehead atoms. The minimum Gasteiger partial charge on any atom is -0.358 e. The predicted octanol–water partition coefficient (Wildman–Crippen LogP) is 4.82. The Labute approximate surface area is 117 Å². The normalized spacial score (nSPS) is 24.3. The Balaban J connectivity index is 1.80. The lowest BCUT2D eigenvalue weighted by molar-refractivity contribution is 0.456. The van der Waals surface area contributed by atoms with Crippen LogP contribution in [-0.2, 0) is 0 Å². The molecule has 1 saturated carbocycles. The van der Waals surface area contributed by atoms with Crippen LogP contribution < -0.4 is 5.32 Å². The third-order valence-corrected chi connectivity index (χ3v) is 4.97. The summed E-state index contributed by atoms with van der Waals surface area (Å²) in [5, 5.41) is 4.49. The highest BCUT2D eigenvalue weighted by Gasteiger charge is 2.20. The van der Waals surface area contributed by atoms with Gasteiger partial charge in [-0.05, 0) is 37.0 Å². The van der Waals surface area contributed by atoms with E-state index in [9.17, 15) is 4.39 Å². The molecule has 0 saturated heterocycles. The average Bonchev–Trinajstić information content (AvgIpc) is 2.66. The van der Waals surface area contributed by atoms with Crippen molar-refractivity contribution in [2.45, 2.75) is 45.1 Å². The van der Waals surface area contributed by atoms with E-state index >= 15 is 0 Å². The van der Waals surface area contributed by atoms with E-state index in [1.54, 1.807) is 23.5 Å². The molecule has 1 fully saturated rings. The number of nitrogens with one attached hydrogen (secondary N) is 1. The Bertz CT molecular complexity index is 566. The Morgan fingerprint density at radius 3 is 3.00 bits per heavy atom. The zero-order chi connectivity index (χ0) is 13.2. The maximum Gasteiger partial charge on any atom is 0.184 e. The predicted molar refractivity (Wildman–Crippen MR) is 79.2 cm³/mol. The molecule has 1 N–H and O–H groups in total. The summed E-state index contributed by atoms with van der Waals surface area (Å²) < 4.78 is 14.1. The first-order valence-electron chi connectivity index (χ1n) is 7.05. The van der Waals surface area contributed by atoms with Crippen molar-refractivity contribution < 1.29 is 4.39 Å². The third-order valence-electron chi connectivity index (χ3n) is 4.02. The van der Waals surface area contributed by atoms with E-state index in [4.69, 9.17) is 0 Å². The quantitative estimate of drug-likeness (QED) is 0.797. The fourth-order valence-corrected chi connectivity index (χ4v) is 3.78. The minimum absolute atomic E-state index is 0.189. The van der Waals surface area contributed by atoms with Crippen molar-refractivity contribution in [1.82, 2.24) is 4.98 Å². The number of hydrogen-bond donors (Lipinski definition) is 1. The number of anilines is 1. The fraction of sp³-hybridized carbons (Fsp3) is 0.533. The molecular weight excluding hydrogens is 259 g/mol. The SMILES string of the molecule is CC1CCCCCC1Nc1nc2ccc(F)cc2s1. The van der Waals surface area contributed by atoms with Gasteiger partial charge in [-0.2, -0.15) is 0 Å². The highest BCUT2D eigenvalue weighted by atomic mass is 32.1. The van der Waals surface area contributed by atoms with E-state index < -0.39 is 0 Å². The Hall–Kier alpha value is -1.16. The molecular formula is C15H19FN2S. The number of halogens is 1. The van der Waals surface area contributed by atoms with Crippen LogP contribution in [0.4, 0.5) is 9.52 Å². The third kappa shape index (κ3) is 2.89. The van der Waals surface area contributed by atoms with Gasteiger partial charge in [0.1, 0.15) is 5.82 Å². The molecule has 0 amide bonds. The second kappa shape index (κ2) is 5.45. The van der Waals surface area contributed by atoms with Crippen LogP contribution in [0.5, 0.6) is 0 Å². The van der Waals surface area contributed by atoms with Crippen molar-refractivity contribution in [2.75, 3.05) is 5.32 Å². The number of thiazole rings is 1. The summed E-state index contributed by atoms with van der Waals surface area (Å²) in [5.41, 5.74) is 0.884. The largest absolute Gasteiger partial charge is 0.358 e. The summed E-state index contributed by atoms with van der Waals surface area (Å²) in [5.74, 6) is 0.497. The highest BCUT2D eigenvalue weighted by molar-refractivity contribution is 7.22. The molecule has 0 spiro atoms. The van der Waals surface area contributed by atoms with Gasteiger partial charge >= 0.3 is 0 Å². The van der Waals surface area contributed by atoms with Crippen LogP contribution >= 0.6 is 11.3 Å². The fourth-order valence-electron chi connectivity index (χ4n) is 2.83. The van der Waals surface area contributed by atoms with E-state index in [-0.39, 0.29) is 5.82 Å². The number of aromatic nitrogens is 1. The van der Waals surface area contributed by atoms with Gasteiger partial charge in [-0.3, -0.25) is 0 Å². The van der Waals surface area contributed by atoms with Crippen molar-refractivity contribution in [3.63, 3.8) is 0 Å². The molecule has 4 heteroatoms. The smallest absolute Gasteiger partial charge is 0.184 e. The number of fused-ring (bicyclic) bond motifs is 1. The summed E-state index contributed by atoms with van der Waals surface area (Å²) >= 11 is 1.55. The summed E-state index contributed by atoms with van der Waals surface area (Å²) in [7, 11) is 0. The molecule has 19 heavy (non-hydrogen) atoms. The van der Waals surface area contributed by atoms with Crippen LogP contribution in [-0.4, -0.2) is 11.0 Å². The molecule has 1 heterocycles. The first-order chi connectivity index (χ1) is 9.22. The number of rotatable bonds is 2. The average molecular weight is 278 g/mol. The lowest BCUT2D eigenvalue weighted by Crippen LogP contribution is -2.26. The van der Waals surface area contributed by atoms with Crippen LogP contribution in [0.1, 0.15) is 39.0 Å². The lowest BCUT2D eigenvalue weighted by atomic mass is 9.97. The summed E-state index contributed by atoms with van der Waals surface area (Å²) in [4.78, 5) is 4.55. The van der Waals surface area contributed by atoms with Gasteiger partial charge in [-0.1, -0.05) is 37.5 Å². The molecule has 2 unspecified atom stereocenters. The zero-order valence-electron chi connectivity index (χ0n) is 11.2. The standard InChI is InChI=1S/C15H19FN2S/c1-10-5-3-2-4-6-12(10)17-15-18-13-8-7-11(16)9-14(13)19-15/h7-10,12H,2-6H2,1H3,(H,17,18). The van der Waals surface area contributed by atoms with Crippen molar-refractivity contribution >= 4 is 26.7 Å². The van der Waals surface area contributed by atoms with E-state index in [1.165, 1.54) is 38.2 Å². The van der Waals surface area contributed by atoms with Crippen LogP contribution in [0.15, 0.2) is 18.2 Å². The van der Waals surface area contributed by atoms with Crippen LogP contribution in [0.2, 0.25) is 0 Å². The summed E-state index contributed by atoms with van der Waals surface area (Å²) in [6.45, 7) is 2.32. The Kier molecular flexibility index (Phi) is 3.69. The van der Waals surface area contributed by atoms with Crippen LogP contribution in [0.25, 0.3) is 10.2 Å². The molecule has 2 nitrogen and oxygen atoms in total. The molecule has 2 aromatic rings. The maximum absolute atomic E-state index is 13.2. The van der Waals surface area contributed by atoms with Gasteiger partial charge in [-0.25, -0.2) is 9.37 Å². The minimum atomic E-state index is -0.189.